The van der Waals surface area contributed by atoms with E-state index in [0.29, 0.717) is 30.5 Å². The number of halogens is 2. The maximum absolute atomic E-state index is 12.7. The average Bonchev–Trinajstić information content (AvgIpc) is 2.85. The number of carbonyl (C=O) groups excluding carboxylic acids is 1. The maximum Gasteiger partial charge on any atom is 0.270 e. The van der Waals surface area contributed by atoms with Gasteiger partial charge in [0.1, 0.15) is 0 Å². The van der Waals surface area contributed by atoms with Gasteiger partial charge in [-0.25, -0.2) is 0 Å². The first-order chi connectivity index (χ1) is 11.5. The second kappa shape index (κ2) is 6.96. The molecule has 1 heterocycles. The number of nitriles is 1. The van der Waals surface area contributed by atoms with Gasteiger partial charge in [0, 0.05) is 0 Å². The molecule has 0 bridgehead atoms. The maximum atomic E-state index is 12.7. The van der Waals surface area contributed by atoms with E-state index in [1.54, 1.807) is 48.5 Å². The number of rotatable bonds is 2. The summed E-state index contributed by atoms with van der Waals surface area (Å²) < 4.78 is 0.429. The van der Waals surface area contributed by atoms with Crippen molar-refractivity contribution in [2.24, 2.45) is 0 Å². The third-order valence-corrected chi connectivity index (χ3v) is 5.33. The number of benzene rings is 2. The molecule has 1 fully saturated rings. The molecule has 1 aliphatic rings. The van der Waals surface area contributed by atoms with Crippen molar-refractivity contribution in [3.8, 4) is 6.07 Å². The molecule has 0 radical (unpaired) electrons. The van der Waals surface area contributed by atoms with E-state index in [4.69, 9.17) is 40.7 Å². The number of thioether (sulfide) groups is 1. The van der Waals surface area contributed by atoms with E-state index in [1.165, 1.54) is 16.7 Å². The van der Waals surface area contributed by atoms with Crippen LogP contribution in [0.3, 0.4) is 0 Å². The van der Waals surface area contributed by atoms with Crippen LogP contribution < -0.4 is 4.90 Å². The van der Waals surface area contributed by atoms with Crippen molar-refractivity contribution in [3.05, 3.63) is 68.5 Å². The van der Waals surface area contributed by atoms with Crippen molar-refractivity contribution in [2.75, 3.05) is 4.90 Å². The summed E-state index contributed by atoms with van der Waals surface area (Å²) in [6.07, 6.45) is 1.75. The van der Waals surface area contributed by atoms with E-state index < -0.39 is 0 Å². The minimum atomic E-state index is -0.215. The van der Waals surface area contributed by atoms with E-state index in [0.717, 1.165) is 5.56 Å². The molecule has 2 aromatic carbocycles. The number of hydrogen-bond donors (Lipinski definition) is 0. The molecule has 1 amide bonds. The summed E-state index contributed by atoms with van der Waals surface area (Å²) in [5.74, 6) is -0.215. The van der Waals surface area contributed by atoms with Crippen LogP contribution in [0.5, 0.6) is 0 Å². The first-order valence-corrected chi connectivity index (χ1v) is 8.71. The second-order valence-electron chi connectivity index (χ2n) is 4.85. The minimum absolute atomic E-state index is 0.215. The Hall–Kier alpha value is -1.84. The molecule has 0 spiro atoms. The number of amides is 1. The molecule has 3 nitrogen and oxygen atoms in total. The summed E-state index contributed by atoms with van der Waals surface area (Å²) in [5, 5.41) is 9.60. The van der Waals surface area contributed by atoms with E-state index in [1.807, 2.05) is 0 Å². The average molecular weight is 391 g/mol. The largest absolute Gasteiger partial charge is 0.270 e. The Balaban J connectivity index is 1.92. The summed E-state index contributed by atoms with van der Waals surface area (Å²) in [7, 11) is 0. The van der Waals surface area contributed by atoms with Crippen molar-refractivity contribution in [1.82, 2.24) is 0 Å². The summed E-state index contributed by atoms with van der Waals surface area (Å²) in [5.41, 5.74) is 1.97. The van der Waals surface area contributed by atoms with Gasteiger partial charge >= 0.3 is 0 Å². The first-order valence-electron chi connectivity index (χ1n) is 6.73. The molecule has 0 aliphatic carbocycles. The zero-order chi connectivity index (χ0) is 17.3. The normalized spacial score (nSPS) is 15.9. The molecule has 24 heavy (non-hydrogen) atoms. The molecule has 1 aliphatic heterocycles. The van der Waals surface area contributed by atoms with Gasteiger partial charge < -0.3 is 0 Å². The molecule has 0 aromatic heterocycles. The first kappa shape index (κ1) is 17.0. The fourth-order valence-electron chi connectivity index (χ4n) is 2.12. The number of carbonyl (C=O) groups is 1. The highest BCUT2D eigenvalue weighted by Gasteiger charge is 2.33. The molecular formula is C17H8Cl2N2OS2. The second-order valence-corrected chi connectivity index (χ2v) is 7.34. The zero-order valence-electron chi connectivity index (χ0n) is 12.0. The zero-order valence-corrected chi connectivity index (χ0v) is 15.1. The molecule has 0 N–H and O–H groups in total. The van der Waals surface area contributed by atoms with Gasteiger partial charge in [-0.1, -0.05) is 59.3 Å². The number of anilines is 1. The summed E-state index contributed by atoms with van der Waals surface area (Å²) in [6, 6.07) is 14.0. The van der Waals surface area contributed by atoms with Gasteiger partial charge in [-0.05, 0) is 42.0 Å². The van der Waals surface area contributed by atoms with Crippen LogP contribution >= 0.6 is 47.2 Å². The fourth-order valence-corrected chi connectivity index (χ4v) is 3.71. The Kier molecular flexibility index (Phi) is 4.93. The van der Waals surface area contributed by atoms with E-state index in [-0.39, 0.29) is 5.91 Å². The van der Waals surface area contributed by atoms with Gasteiger partial charge in [0.05, 0.1) is 32.3 Å². The minimum Gasteiger partial charge on any atom is -0.268 e. The van der Waals surface area contributed by atoms with Crippen molar-refractivity contribution < 1.29 is 4.79 Å². The van der Waals surface area contributed by atoms with Crippen LogP contribution in [-0.2, 0) is 4.79 Å². The topological polar surface area (TPSA) is 44.1 Å². The highest BCUT2D eigenvalue weighted by atomic mass is 35.5. The lowest BCUT2D eigenvalue weighted by Crippen LogP contribution is -2.27. The molecular weight excluding hydrogens is 383 g/mol. The summed E-state index contributed by atoms with van der Waals surface area (Å²) in [4.78, 5) is 14.6. The summed E-state index contributed by atoms with van der Waals surface area (Å²) >= 11 is 18.5. The smallest absolute Gasteiger partial charge is 0.268 e. The van der Waals surface area contributed by atoms with Crippen molar-refractivity contribution in [2.45, 2.75) is 0 Å². The third-order valence-electron chi connectivity index (χ3n) is 3.29. The highest BCUT2D eigenvalue weighted by molar-refractivity contribution is 8.27. The lowest BCUT2D eigenvalue weighted by Gasteiger charge is -2.15. The monoisotopic (exact) mass is 390 g/mol. The fraction of sp³-hybridized carbons (Fsp3) is 0. The summed E-state index contributed by atoms with van der Waals surface area (Å²) in [6.45, 7) is 0. The molecule has 1 saturated heterocycles. The SMILES string of the molecule is N#Cc1ccc(/C=C2/SC(=S)N(c3ccc(Cl)c(Cl)c3)C2=O)cc1. The van der Waals surface area contributed by atoms with E-state index >= 15 is 0 Å². The third kappa shape index (κ3) is 3.33. The Morgan fingerprint density at radius 2 is 1.83 bits per heavy atom. The van der Waals surface area contributed by atoms with Gasteiger partial charge in [0.15, 0.2) is 4.32 Å². The highest BCUT2D eigenvalue weighted by Crippen LogP contribution is 2.37. The van der Waals surface area contributed by atoms with Gasteiger partial charge in [-0.2, -0.15) is 5.26 Å². The van der Waals surface area contributed by atoms with Gasteiger partial charge in [0.2, 0.25) is 0 Å². The van der Waals surface area contributed by atoms with Gasteiger partial charge in [-0.15, -0.1) is 0 Å². The van der Waals surface area contributed by atoms with Crippen LogP contribution in [0.1, 0.15) is 11.1 Å². The van der Waals surface area contributed by atoms with Crippen LogP contribution in [0.25, 0.3) is 6.08 Å². The number of thiocarbonyl (C=S) groups is 1. The molecule has 7 heteroatoms. The van der Waals surface area contributed by atoms with E-state index in [9.17, 15) is 4.79 Å². The van der Waals surface area contributed by atoms with Gasteiger partial charge in [0.25, 0.3) is 5.91 Å². The lowest BCUT2D eigenvalue weighted by molar-refractivity contribution is -0.113. The van der Waals surface area contributed by atoms with Crippen LogP contribution in [0, 0.1) is 11.3 Å². The van der Waals surface area contributed by atoms with Crippen LogP contribution in [0.4, 0.5) is 5.69 Å². The molecule has 118 valence electrons. The van der Waals surface area contributed by atoms with Crippen LogP contribution in [0.2, 0.25) is 10.0 Å². The van der Waals surface area contributed by atoms with Crippen molar-refractivity contribution in [1.29, 1.82) is 5.26 Å². The molecule has 3 rings (SSSR count). The Bertz CT molecular complexity index is 917. The number of nitrogens with zero attached hydrogens (tertiary/aromatic N) is 2. The van der Waals surface area contributed by atoms with Crippen molar-refractivity contribution in [3.63, 3.8) is 0 Å². The van der Waals surface area contributed by atoms with Crippen molar-refractivity contribution >= 4 is 69.2 Å². The quantitative estimate of drug-likeness (QED) is 0.517. The predicted octanol–water partition coefficient (Wildman–Crippen LogP) is 5.27. The molecule has 2 aromatic rings. The molecule has 0 saturated carbocycles. The van der Waals surface area contributed by atoms with E-state index in [2.05, 4.69) is 6.07 Å². The number of hydrogen-bond acceptors (Lipinski definition) is 4. The van der Waals surface area contributed by atoms with Crippen LogP contribution in [-0.4, -0.2) is 10.2 Å². The van der Waals surface area contributed by atoms with Gasteiger partial charge in [-0.3, -0.25) is 9.69 Å². The Morgan fingerprint density at radius 1 is 1.12 bits per heavy atom. The predicted molar refractivity (Wildman–Crippen MR) is 103 cm³/mol. The molecule has 0 atom stereocenters. The van der Waals surface area contributed by atoms with Crippen LogP contribution in [0.15, 0.2) is 47.4 Å². The standard InChI is InChI=1S/C17H8Cl2N2OS2/c18-13-6-5-12(8-14(13)19)21-16(22)15(24-17(21)23)7-10-1-3-11(9-20)4-2-10/h1-8H/b15-7+. The Morgan fingerprint density at radius 3 is 2.46 bits per heavy atom. The Labute approximate surface area is 158 Å². The molecule has 0 unspecified atom stereocenters. The lowest BCUT2D eigenvalue weighted by atomic mass is 10.1.